The Labute approximate surface area is 360 Å². The molecule has 0 unspecified atom stereocenters. The molecule has 5 aromatic rings. The van der Waals surface area contributed by atoms with Crippen LogP contribution in [0.5, 0.6) is 0 Å². The summed E-state index contributed by atoms with van der Waals surface area (Å²) >= 11 is 0. The number of ether oxygens (including phenoxy) is 2. The molecule has 0 spiro atoms. The van der Waals surface area contributed by atoms with E-state index < -0.39 is 0 Å². The Balaban J connectivity index is 0.000000213. The van der Waals surface area contributed by atoms with E-state index in [9.17, 15) is 0 Å². The van der Waals surface area contributed by atoms with Crippen LogP contribution < -0.4 is 51.4 Å². The summed E-state index contributed by atoms with van der Waals surface area (Å²) in [5.74, 6) is 0. The van der Waals surface area contributed by atoms with E-state index in [-0.39, 0.29) is 64.6 Å². The number of fused-ring (bicyclic) bond motifs is 1. The van der Waals surface area contributed by atoms with E-state index in [1.54, 1.807) is 0 Å². The van der Waals surface area contributed by atoms with E-state index in [1.807, 2.05) is 24.3 Å². The van der Waals surface area contributed by atoms with E-state index >= 15 is 0 Å². The molecule has 1 saturated heterocycles. The van der Waals surface area contributed by atoms with Gasteiger partial charge in [0, 0.05) is 39.3 Å². The van der Waals surface area contributed by atoms with Gasteiger partial charge in [-0.2, -0.15) is 0 Å². The summed E-state index contributed by atoms with van der Waals surface area (Å²) in [5, 5.41) is 17.9. The van der Waals surface area contributed by atoms with Gasteiger partial charge in [-0.3, -0.25) is 9.80 Å². The van der Waals surface area contributed by atoms with Gasteiger partial charge in [0.2, 0.25) is 0 Å². The van der Waals surface area contributed by atoms with Gasteiger partial charge in [0.25, 0.3) is 0 Å². The number of hydrogen-bond acceptors (Lipinski definition) is 6. The average molecular weight is 740 g/mol. The van der Waals surface area contributed by atoms with Crippen LogP contribution in [-0.4, -0.2) is 72.7 Å². The van der Waals surface area contributed by atoms with Crippen LogP contribution in [0.3, 0.4) is 0 Å². The predicted molar refractivity (Wildman–Crippen MR) is 214 cm³/mol. The van der Waals surface area contributed by atoms with Gasteiger partial charge < -0.3 is 19.7 Å². The molecule has 7 heteroatoms. The largest absolute Gasteiger partial charge is 1.00 e. The number of hydrogen-bond donors (Lipinski definition) is 2. The van der Waals surface area contributed by atoms with E-state index in [1.165, 1.54) is 46.2 Å². The second-order valence-corrected chi connectivity index (χ2v) is 12.7. The minimum atomic E-state index is 0. The number of aliphatic hydroxyl groups is 2. The van der Waals surface area contributed by atoms with Gasteiger partial charge in [-0.1, -0.05) is 158 Å². The molecule has 0 bridgehead atoms. The average Bonchev–Trinajstić information content (AvgIpc) is 4.09. The Hall–Kier alpha value is -2.76. The van der Waals surface area contributed by atoms with E-state index in [0.29, 0.717) is 19.8 Å². The van der Waals surface area contributed by atoms with Gasteiger partial charge in [-0.05, 0) is 46.2 Å². The number of aliphatic hydroxyl groups excluding tert-OH is 2. The van der Waals surface area contributed by atoms with E-state index in [2.05, 4.69) is 148 Å². The van der Waals surface area contributed by atoms with Crippen molar-refractivity contribution < 1.29 is 71.1 Å². The topological polar surface area (TPSA) is 68.7 Å². The minimum Gasteiger partial charge on any atom is -0.395 e. The number of rotatable bonds is 15. The molecule has 1 fully saturated rings. The molecule has 5 aromatic carbocycles. The Bertz CT molecular complexity index is 1540. The maximum Gasteiger partial charge on any atom is 1.00 e. The van der Waals surface area contributed by atoms with Gasteiger partial charge in [0.05, 0.1) is 39.6 Å². The SMILES string of the molecule is C1=Cc2ccccc2CC1.C1CO1.OCCN(Cc1ccccc1)Cc1ccccc1.OCCOCCN(Cc1ccccc1)Cc1ccccc1.[K+]. The third kappa shape index (κ3) is 20.5. The molecule has 1 aliphatic heterocycles. The monoisotopic (exact) mass is 739 g/mol. The second-order valence-electron chi connectivity index (χ2n) is 12.7. The van der Waals surface area contributed by atoms with Crippen LogP contribution in [0.25, 0.3) is 6.08 Å². The summed E-state index contributed by atoms with van der Waals surface area (Å²) in [6, 6.07) is 50.2. The van der Waals surface area contributed by atoms with Crippen molar-refractivity contribution in [3.63, 3.8) is 0 Å². The number of benzene rings is 5. The van der Waals surface area contributed by atoms with Gasteiger partial charge in [0.1, 0.15) is 0 Å². The quantitative estimate of drug-likeness (QED) is 0.0892. The van der Waals surface area contributed by atoms with Crippen molar-refractivity contribution in [2.45, 2.75) is 39.0 Å². The van der Waals surface area contributed by atoms with Crippen molar-refractivity contribution in [1.82, 2.24) is 9.80 Å². The van der Waals surface area contributed by atoms with Gasteiger partial charge >= 0.3 is 51.4 Å². The molecule has 2 N–H and O–H groups in total. The van der Waals surface area contributed by atoms with Crippen molar-refractivity contribution in [3.8, 4) is 0 Å². The van der Waals surface area contributed by atoms with E-state index in [0.717, 1.165) is 45.9 Å². The van der Waals surface area contributed by atoms with Crippen LogP contribution in [-0.2, 0) is 42.1 Å². The van der Waals surface area contributed by atoms with Crippen LogP contribution in [0, 0.1) is 0 Å². The molecule has 7 rings (SSSR count). The summed E-state index contributed by atoms with van der Waals surface area (Å²) in [7, 11) is 0. The summed E-state index contributed by atoms with van der Waals surface area (Å²) in [4.78, 5) is 4.62. The first-order valence-corrected chi connectivity index (χ1v) is 18.5. The molecular formula is C46H56KN2O4+. The van der Waals surface area contributed by atoms with Crippen LogP contribution in [0.2, 0.25) is 0 Å². The van der Waals surface area contributed by atoms with Crippen LogP contribution in [0.15, 0.2) is 152 Å². The fourth-order valence-electron chi connectivity index (χ4n) is 5.67. The summed E-state index contributed by atoms with van der Waals surface area (Å²) in [5.41, 5.74) is 8.05. The van der Waals surface area contributed by atoms with Gasteiger partial charge in [-0.25, -0.2) is 0 Å². The molecule has 2 aliphatic rings. The Morgan fingerprint density at radius 3 is 1.32 bits per heavy atom. The van der Waals surface area contributed by atoms with E-state index in [4.69, 9.17) is 14.9 Å². The smallest absolute Gasteiger partial charge is 0.395 e. The first-order valence-electron chi connectivity index (χ1n) is 18.5. The summed E-state index contributed by atoms with van der Waals surface area (Å²) in [6.07, 6.45) is 6.87. The molecule has 274 valence electrons. The summed E-state index contributed by atoms with van der Waals surface area (Å²) < 4.78 is 9.90. The fraction of sp³-hybridized carbons (Fsp3) is 0.304. The molecule has 6 nitrogen and oxygen atoms in total. The standard InChI is InChI=1S/C18H23NO2.C16H19NO.C10H10.C2H4O.K/c20-12-14-21-13-11-19(15-17-7-3-1-4-8-17)16-18-9-5-2-6-10-18;18-12-11-17(13-15-7-3-1-4-8-15)14-16-9-5-2-6-10-16;1-2-6-10-8-4-3-7-9(10)5-1;1-2-3-1;/h1-10,20H,11-16H2;1-10,18H,11-14H2;1-3,5-7H,4,8H2;1-2H2;/q;;;;+1. The van der Waals surface area contributed by atoms with Crippen molar-refractivity contribution in [1.29, 1.82) is 0 Å². The normalized spacial score (nSPS) is 12.2. The molecular weight excluding hydrogens is 684 g/mol. The minimum absolute atomic E-state index is 0. The molecule has 0 saturated carbocycles. The molecule has 1 heterocycles. The maximum absolute atomic E-state index is 9.15. The number of epoxide rings is 1. The molecule has 53 heavy (non-hydrogen) atoms. The van der Waals surface area contributed by atoms with Gasteiger partial charge in [0.15, 0.2) is 0 Å². The molecule has 0 atom stereocenters. The van der Waals surface area contributed by atoms with Gasteiger partial charge in [-0.15, -0.1) is 0 Å². The number of aryl methyl sites for hydroxylation is 1. The zero-order valence-electron chi connectivity index (χ0n) is 31.5. The first-order chi connectivity index (χ1) is 25.7. The van der Waals surface area contributed by atoms with Crippen molar-refractivity contribution in [3.05, 3.63) is 185 Å². The predicted octanol–water partition coefficient (Wildman–Crippen LogP) is 5.05. The molecule has 0 radical (unpaired) electrons. The van der Waals surface area contributed by atoms with Crippen molar-refractivity contribution in [2.75, 3.05) is 52.7 Å². The number of allylic oxidation sites excluding steroid dienone is 1. The second kappa shape index (κ2) is 28.6. The first kappa shape index (κ1) is 44.6. The molecule has 0 amide bonds. The zero-order valence-corrected chi connectivity index (χ0v) is 34.6. The third-order valence-electron chi connectivity index (χ3n) is 8.34. The van der Waals surface area contributed by atoms with Crippen LogP contribution in [0.1, 0.15) is 39.8 Å². The Morgan fingerprint density at radius 1 is 0.509 bits per heavy atom. The zero-order chi connectivity index (χ0) is 36.3. The molecule has 1 aliphatic carbocycles. The van der Waals surface area contributed by atoms with Crippen molar-refractivity contribution >= 4 is 6.08 Å². The van der Waals surface area contributed by atoms with Crippen LogP contribution in [0.4, 0.5) is 0 Å². The third-order valence-corrected chi connectivity index (χ3v) is 8.34. The fourth-order valence-corrected chi connectivity index (χ4v) is 5.67. The Kier molecular flexibility index (Phi) is 24.1. The van der Waals surface area contributed by atoms with Crippen LogP contribution >= 0.6 is 0 Å². The molecule has 0 aromatic heterocycles. The Morgan fingerprint density at radius 2 is 0.925 bits per heavy atom. The number of nitrogens with zero attached hydrogens (tertiary/aromatic N) is 2. The van der Waals surface area contributed by atoms with Crippen molar-refractivity contribution in [2.24, 2.45) is 0 Å². The summed E-state index contributed by atoms with van der Waals surface area (Å²) in [6.45, 7) is 8.42. The maximum atomic E-state index is 9.15.